The molecule has 1 unspecified atom stereocenters. The second-order valence-electron chi connectivity index (χ2n) is 8.37. The molecule has 1 aliphatic carbocycles. The second kappa shape index (κ2) is 9.82. The zero-order chi connectivity index (χ0) is 21.6. The van der Waals surface area contributed by atoms with Gasteiger partial charge in [-0.3, -0.25) is 9.59 Å². The summed E-state index contributed by atoms with van der Waals surface area (Å²) < 4.78 is 5.27. The van der Waals surface area contributed by atoms with Gasteiger partial charge in [-0.2, -0.15) is 0 Å². The van der Waals surface area contributed by atoms with Gasteiger partial charge in [0.2, 0.25) is 5.91 Å². The van der Waals surface area contributed by atoms with E-state index in [1.807, 2.05) is 47.4 Å². The van der Waals surface area contributed by atoms with Crippen LogP contribution < -0.4 is 10.1 Å². The van der Waals surface area contributed by atoms with E-state index < -0.39 is 0 Å². The highest BCUT2D eigenvalue weighted by atomic mass is 16.5. The Morgan fingerprint density at radius 1 is 0.968 bits per heavy atom. The molecule has 0 spiro atoms. The number of amides is 2. The first kappa shape index (κ1) is 21.2. The molecule has 1 N–H and O–H groups in total. The molecule has 0 radical (unpaired) electrons. The molecule has 1 aliphatic heterocycles. The number of nitrogens with one attached hydrogen (secondary N) is 1. The van der Waals surface area contributed by atoms with Crippen LogP contribution in [0.5, 0.6) is 5.75 Å². The van der Waals surface area contributed by atoms with Gasteiger partial charge in [-0.1, -0.05) is 37.1 Å². The molecule has 0 aromatic heterocycles. The maximum Gasteiger partial charge on any atom is 0.251 e. The maximum absolute atomic E-state index is 13.1. The standard InChI is InChI=1S/C26H30N2O3/c1-31-23-15-11-20(12-16-23)24-5-3-2-4-18-28(24)25(29)17-8-19-6-9-21(10-7-19)26(30)27-22-13-14-22/h6-12,15-17,22,24H,2-5,13-14,18H2,1H3,(H,27,30)/b17-8+. The smallest absolute Gasteiger partial charge is 0.251 e. The Hall–Kier alpha value is -3.08. The number of hydrogen-bond donors (Lipinski definition) is 1. The van der Waals surface area contributed by atoms with E-state index in [1.54, 1.807) is 13.2 Å². The van der Waals surface area contributed by atoms with E-state index in [0.29, 0.717) is 11.6 Å². The van der Waals surface area contributed by atoms with Gasteiger partial charge in [-0.15, -0.1) is 0 Å². The summed E-state index contributed by atoms with van der Waals surface area (Å²) in [6.07, 6.45) is 9.89. The predicted octanol–water partition coefficient (Wildman–Crippen LogP) is 4.74. The third-order valence-corrected chi connectivity index (χ3v) is 6.04. The predicted molar refractivity (Wildman–Crippen MR) is 122 cm³/mol. The lowest BCUT2D eigenvalue weighted by Gasteiger charge is -2.29. The summed E-state index contributed by atoms with van der Waals surface area (Å²) in [6.45, 7) is 0.764. The Kier molecular flexibility index (Phi) is 6.70. The summed E-state index contributed by atoms with van der Waals surface area (Å²) in [7, 11) is 1.66. The molecule has 4 rings (SSSR count). The van der Waals surface area contributed by atoms with Crippen molar-refractivity contribution in [3.05, 3.63) is 71.3 Å². The molecule has 2 amide bonds. The number of likely N-dealkylation sites (tertiary alicyclic amines) is 1. The summed E-state index contributed by atoms with van der Waals surface area (Å²) in [4.78, 5) is 27.2. The molecule has 1 atom stereocenters. The van der Waals surface area contributed by atoms with Crippen LogP contribution in [-0.4, -0.2) is 36.4 Å². The lowest BCUT2D eigenvalue weighted by molar-refractivity contribution is -0.128. The van der Waals surface area contributed by atoms with Gasteiger partial charge in [-0.25, -0.2) is 0 Å². The van der Waals surface area contributed by atoms with Crippen molar-refractivity contribution in [2.45, 2.75) is 50.6 Å². The summed E-state index contributed by atoms with van der Waals surface area (Å²) in [5, 5.41) is 2.99. The first-order valence-electron chi connectivity index (χ1n) is 11.2. The Morgan fingerprint density at radius 3 is 2.39 bits per heavy atom. The normalized spacial score (nSPS) is 19.1. The van der Waals surface area contributed by atoms with Gasteiger partial charge in [-0.05, 0) is 67.2 Å². The van der Waals surface area contributed by atoms with E-state index in [2.05, 4.69) is 17.4 Å². The number of carbonyl (C=O) groups excluding carboxylic acids is 2. The molecule has 2 aromatic carbocycles. The van der Waals surface area contributed by atoms with E-state index in [1.165, 1.54) is 0 Å². The Bertz CT molecular complexity index is 930. The Morgan fingerprint density at radius 2 is 1.71 bits per heavy atom. The van der Waals surface area contributed by atoms with Crippen molar-refractivity contribution in [3.8, 4) is 5.75 Å². The van der Waals surface area contributed by atoms with Gasteiger partial charge in [0.05, 0.1) is 13.2 Å². The molecule has 31 heavy (non-hydrogen) atoms. The molecule has 162 valence electrons. The number of rotatable bonds is 6. The van der Waals surface area contributed by atoms with Crippen molar-refractivity contribution in [3.63, 3.8) is 0 Å². The van der Waals surface area contributed by atoms with Gasteiger partial charge >= 0.3 is 0 Å². The van der Waals surface area contributed by atoms with Crippen LogP contribution >= 0.6 is 0 Å². The fraction of sp³-hybridized carbons (Fsp3) is 0.385. The zero-order valence-corrected chi connectivity index (χ0v) is 18.0. The highest BCUT2D eigenvalue weighted by Gasteiger charge is 2.26. The minimum absolute atomic E-state index is 0.0262. The van der Waals surface area contributed by atoms with E-state index in [0.717, 1.165) is 61.9 Å². The monoisotopic (exact) mass is 418 g/mol. The minimum atomic E-state index is -0.0268. The third kappa shape index (κ3) is 5.54. The molecule has 5 heteroatoms. The van der Waals surface area contributed by atoms with E-state index in [4.69, 9.17) is 4.74 Å². The molecular weight excluding hydrogens is 388 g/mol. The summed E-state index contributed by atoms with van der Waals surface area (Å²) in [5.74, 6) is 0.823. The molecule has 1 saturated heterocycles. The molecule has 0 bridgehead atoms. The second-order valence-corrected chi connectivity index (χ2v) is 8.37. The highest BCUT2D eigenvalue weighted by molar-refractivity contribution is 5.95. The van der Waals surface area contributed by atoms with Crippen molar-refractivity contribution < 1.29 is 14.3 Å². The Labute approximate surface area is 184 Å². The SMILES string of the molecule is COc1ccc(C2CCCCCN2C(=O)/C=C/c2ccc(C(=O)NC3CC3)cc2)cc1. The van der Waals surface area contributed by atoms with Gasteiger partial charge < -0.3 is 15.0 Å². The van der Waals surface area contributed by atoms with E-state index in [9.17, 15) is 9.59 Å². The van der Waals surface area contributed by atoms with Crippen LogP contribution in [0.25, 0.3) is 6.08 Å². The fourth-order valence-electron chi connectivity index (χ4n) is 4.05. The van der Waals surface area contributed by atoms with Crippen LogP contribution in [0.2, 0.25) is 0 Å². The number of hydrogen-bond acceptors (Lipinski definition) is 3. The van der Waals surface area contributed by atoms with Crippen LogP contribution in [0.1, 0.15) is 66.1 Å². The number of methoxy groups -OCH3 is 1. The quantitative estimate of drug-likeness (QED) is 0.689. The number of ether oxygens (including phenoxy) is 1. The van der Waals surface area contributed by atoms with Gasteiger partial charge in [0.25, 0.3) is 5.91 Å². The third-order valence-electron chi connectivity index (χ3n) is 6.04. The first-order chi connectivity index (χ1) is 15.1. The maximum atomic E-state index is 13.1. The van der Waals surface area contributed by atoms with E-state index in [-0.39, 0.29) is 17.9 Å². The van der Waals surface area contributed by atoms with Crippen LogP contribution in [0, 0.1) is 0 Å². The largest absolute Gasteiger partial charge is 0.497 e. The van der Waals surface area contributed by atoms with Crippen molar-refractivity contribution in [1.82, 2.24) is 10.2 Å². The highest BCUT2D eigenvalue weighted by Crippen LogP contribution is 2.31. The molecule has 1 heterocycles. The molecule has 2 aromatic rings. The summed E-state index contributed by atoms with van der Waals surface area (Å²) in [5.41, 5.74) is 2.71. The summed E-state index contributed by atoms with van der Waals surface area (Å²) >= 11 is 0. The topological polar surface area (TPSA) is 58.6 Å². The molecule has 1 saturated carbocycles. The Balaban J connectivity index is 1.44. The zero-order valence-electron chi connectivity index (χ0n) is 18.0. The van der Waals surface area contributed by atoms with Gasteiger partial charge in [0.1, 0.15) is 5.75 Å². The van der Waals surface area contributed by atoms with Gasteiger partial charge in [0, 0.05) is 24.2 Å². The number of nitrogens with zero attached hydrogens (tertiary/aromatic N) is 1. The number of carbonyl (C=O) groups is 2. The summed E-state index contributed by atoms with van der Waals surface area (Å²) in [6, 6.07) is 15.9. The molecular formula is C26H30N2O3. The van der Waals surface area contributed by atoms with Crippen LogP contribution in [0.15, 0.2) is 54.6 Å². The number of benzene rings is 2. The van der Waals surface area contributed by atoms with Crippen LogP contribution in [0.3, 0.4) is 0 Å². The van der Waals surface area contributed by atoms with Gasteiger partial charge in [0.15, 0.2) is 0 Å². The van der Waals surface area contributed by atoms with E-state index >= 15 is 0 Å². The van der Waals surface area contributed by atoms with Crippen molar-refractivity contribution in [2.75, 3.05) is 13.7 Å². The molecule has 2 fully saturated rings. The van der Waals surface area contributed by atoms with Crippen LogP contribution in [0.4, 0.5) is 0 Å². The lowest BCUT2D eigenvalue weighted by Crippen LogP contribution is -2.33. The average Bonchev–Trinajstić information content (AvgIpc) is 3.64. The fourth-order valence-corrected chi connectivity index (χ4v) is 4.05. The van der Waals surface area contributed by atoms with Crippen molar-refractivity contribution in [1.29, 1.82) is 0 Å². The van der Waals surface area contributed by atoms with Crippen molar-refractivity contribution >= 4 is 17.9 Å². The molecule has 2 aliphatic rings. The first-order valence-corrected chi connectivity index (χ1v) is 11.2. The minimum Gasteiger partial charge on any atom is -0.497 e. The van der Waals surface area contributed by atoms with Crippen molar-refractivity contribution in [2.24, 2.45) is 0 Å². The lowest BCUT2D eigenvalue weighted by atomic mass is 10.0. The average molecular weight is 419 g/mol. The van der Waals surface area contributed by atoms with Crippen LogP contribution in [-0.2, 0) is 4.79 Å². The molecule has 5 nitrogen and oxygen atoms in total.